The van der Waals surface area contributed by atoms with Crippen LogP contribution in [0.15, 0.2) is 47.6 Å². The molecule has 0 aromatic heterocycles. The molecule has 2 aromatic rings. The molecule has 0 bridgehead atoms. The van der Waals surface area contributed by atoms with E-state index in [1.807, 2.05) is 20.8 Å². The van der Waals surface area contributed by atoms with Crippen molar-refractivity contribution in [1.82, 2.24) is 5.43 Å². The van der Waals surface area contributed by atoms with Crippen molar-refractivity contribution in [3.8, 4) is 11.5 Å². The molecular weight excluding hydrogens is 346 g/mol. The molecule has 2 aromatic carbocycles. The second-order valence-corrected chi connectivity index (χ2v) is 6.91. The highest BCUT2D eigenvalue weighted by Crippen LogP contribution is 2.25. The SMILES string of the molecule is COc1cc(/C=N\NC(=O)c2ccc(NC(=O)C(C)(C)C)cc2)ccc1O. The Labute approximate surface area is 158 Å². The van der Waals surface area contributed by atoms with Crippen LogP contribution in [0.1, 0.15) is 36.7 Å². The normalized spacial score (nSPS) is 11.3. The van der Waals surface area contributed by atoms with Gasteiger partial charge in [-0.25, -0.2) is 5.43 Å². The first-order valence-electron chi connectivity index (χ1n) is 8.32. The van der Waals surface area contributed by atoms with Crippen LogP contribution in [0, 0.1) is 5.41 Å². The molecule has 2 rings (SSSR count). The van der Waals surface area contributed by atoms with Crippen LogP contribution in [-0.2, 0) is 4.79 Å². The van der Waals surface area contributed by atoms with E-state index in [0.717, 1.165) is 0 Å². The fourth-order valence-electron chi connectivity index (χ4n) is 2.03. The molecule has 0 unspecified atom stereocenters. The second-order valence-electron chi connectivity index (χ2n) is 6.91. The van der Waals surface area contributed by atoms with Gasteiger partial charge in [-0.3, -0.25) is 9.59 Å². The number of hydrogen-bond acceptors (Lipinski definition) is 5. The van der Waals surface area contributed by atoms with Gasteiger partial charge in [-0.1, -0.05) is 20.8 Å². The molecule has 7 nitrogen and oxygen atoms in total. The zero-order valence-corrected chi connectivity index (χ0v) is 15.7. The number of nitrogens with zero attached hydrogens (tertiary/aromatic N) is 1. The number of hydrogen-bond donors (Lipinski definition) is 3. The number of carbonyl (C=O) groups excluding carboxylic acids is 2. The van der Waals surface area contributed by atoms with Crippen LogP contribution in [-0.4, -0.2) is 30.2 Å². The molecule has 0 aliphatic carbocycles. The number of rotatable bonds is 5. The summed E-state index contributed by atoms with van der Waals surface area (Å²) in [6.07, 6.45) is 1.44. The Morgan fingerprint density at radius 1 is 1.11 bits per heavy atom. The van der Waals surface area contributed by atoms with Gasteiger partial charge in [-0.15, -0.1) is 0 Å². The fourth-order valence-corrected chi connectivity index (χ4v) is 2.03. The number of aromatic hydroxyl groups is 1. The quantitative estimate of drug-likeness (QED) is 0.557. The van der Waals surface area contributed by atoms with Crippen LogP contribution >= 0.6 is 0 Å². The van der Waals surface area contributed by atoms with Crippen molar-refractivity contribution in [2.45, 2.75) is 20.8 Å². The summed E-state index contributed by atoms with van der Waals surface area (Å²) in [7, 11) is 1.45. The lowest BCUT2D eigenvalue weighted by Gasteiger charge is -2.17. The molecule has 0 saturated carbocycles. The zero-order valence-electron chi connectivity index (χ0n) is 15.7. The number of hydrazone groups is 1. The molecule has 7 heteroatoms. The molecule has 27 heavy (non-hydrogen) atoms. The number of carbonyl (C=O) groups is 2. The van der Waals surface area contributed by atoms with Crippen LogP contribution < -0.4 is 15.5 Å². The third kappa shape index (κ3) is 5.57. The van der Waals surface area contributed by atoms with Crippen LogP contribution in [0.4, 0.5) is 5.69 Å². The maximum atomic E-state index is 12.1. The first-order valence-corrected chi connectivity index (χ1v) is 8.32. The van der Waals surface area contributed by atoms with E-state index < -0.39 is 5.41 Å². The van der Waals surface area contributed by atoms with E-state index in [1.165, 1.54) is 19.4 Å². The molecule has 3 N–H and O–H groups in total. The van der Waals surface area contributed by atoms with E-state index in [9.17, 15) is 14.7 Å². The molecule has 0 aliphatic heterocycles. The van der Waals surface area contributed by atoms with Crippen LogP contribution in [0.5, 0.6) is 11.5 Å². The van der Waals surface area contributed by atoms with Crippen molar-refractivity contribution in [3.63, 3.8) is 0 Å². The highest BCUT2D eigenvalue weighted by molar-refractivity contribution is 5.97. The molecule has 0 heterocycles. The average Bonchev–Trinajstić information content (AvgIpc) is 2.62. The molecule has 0 fully saturated rings. The van der Waals surface area contributed by atoms with Gasteiger partial charge in [-0.2, -0.15) is 5.10 Å². The largest absolute Gasteiger partial charge is 0.504 e. The van der Waals surface area contributed by atoms with Crippen LogP contribution in [0.25, 0.3) is 0 Å². The average molecular weight is 369 g/mol. The van der Waals surface area contributed by atoms with Gasteiger partial charge >= 0.3 is 0 Å². The highest BCUT2D eigenvalue weighted by atomic mass is 16.5. The number of anilines is 1. The Kier molecular flexibility index (Phi) is 6.18. The van der Waals surface area contributed by atoms with E-state index in [0.29, 0.717) is 22.6 Å². The summed E-state index contributed by atoms with van der Waals surface area (Å²) in [4.78, 5) is 24.1. The van der Waals surface area contributed by atoms with Gasteiger partial charge in [0.1, 0.15) is 0 Å². The lowest BCUT2D eigenvalue weighted by molar-refractivity contribution is -0.123. The van der Waals surface area contributed by atoms with Gasteiger partial charge in [0.25, 0.3) is 5.91 Å². The topological polar surface area (TPSA) is 100 Å². The van der Waals surface area contributed by atoms with Crippen molar-refractivity contribution >= 4 is 23.7 Å². The van der Waals surface area contributed by atoms with Crippen molar-refractivity contribution in [3.05, 3.63) is 53.6 Å². The van der Waals surface area contributed by atoms with E-state index in [4.69, 9.17) is 4.74 Å². The van der Waals surface area contributed by atoms with Gasteiger partial charge in [0.2, 0.25) is 5.91 Å². The van der Waals surface area contributed by atoms with Crippen LogP contribution in [0.3, 0.4) is 0 Å². The van der Waals surface area contributed by atoms with Gasteiger partial charge in [-0.05, 0) is 48.0 Å². The van der Waals surface area contributed by atoms with Gasteiger partial charge in [0, 0.05) is 16.7 Å². The second kappa shape index (κ2) is 8.35. The van der Waals surface area contributed by atoms with E-state index >= 15 is 0 Å². The van der Waals surface area contributed by atoms with Crippen molar-refractivity contribution in [2.75, 3.05) is 12.4 Å². The van der Waals surface area contributed by atoms with Gasteiger partial charge in [0.15, 0.2) is 11.5 Å². The van der Waals surface area contributed by atoms with E-state index in [1.54, 1.807) is 36.4 Å². The Morgan fingerprint density at radius 3 is 2.37 bits per heavy atom. The molecule has 0 saturated heterocycles. The van der Waals surface area contributed by atoms with Crippen molar-refractivity contribution < 1.29 is 19.4 Å². The Balaban J connectivity index is 1.97. The first kappa shape index (κ1) is 20.0. The van der Waals surface area contributed by atoms with E-state index in [-0.39, 0.29) is 17.6 Å². The summed E-state index contributed by atoms with van der Waals surface area (Å²) in [6.45, 7) is 5.48. The molecule has 0 radical (unpaired) electrons. The number of amides is 2. The zero-order chi connectivity index (χ0) is 20.0. The smallest absolute Gasteiger partial charge is 0.271 e. The standard InChI is InChI=1S/C20H23N3O4/c1-20(2,3)19(26)22-15-8-6-14(7-9-15)18(25)23-21-12-13-5-10-16(24)17(11-13)27-4/h5-12,24H,1-4H3,(H,22,26)(H,23,25)/b21-12-. The molecule has 142 valence electrons. The lowest BCUT2D eigenvalue weighted by atomic mass is 9.95. The summed E-state index contributed by atoms with van der Waals surface area (Å²) in [5, 5.41) is 16.2. The predicted octanol–water partition coefficient (Wildman–Crippen LogP) is 3.15. The number of benzene rings is 2. The van der Waals surface area contributed by atoms with Gasteiger partial charge in [0.05, 0.1) is 13.3 Å². The van der Waals surface area contributed by atoms with Crippen molar-refractivity contribution in [2.24, 2.45) is 10.5 Å². The number of methoxy groups -OCH3 is 1. The fraction of sp³-hybridized carbons (Fsp3) is 0.250. The minimum Gasteiger partial charge on any atom is -0.504 e. The number of phenols is 1. The predicted molar refractivity (Wildman–Crippen MR) is 104 cm³/mol. The monoisotopic (exact) mass is 369 g/mol. The summed E-state index contributed by atoms with van der Waals surface area (Å²) in [5.74, 6) is -0.144. The summed E-state index contributed by atoms with van der Waals surface area (Å²) < 4.78 is 5.01. The molecule has 0 spiro atoms. The first-order chi connectivity index (χ1) is 12.7. The van der Waals surface area contributed by atoms with E-state index in [2.05, 4.69) is 15.8 Å². The van der Waals surface area contributed by atoms with Crippen LogP contribution in [0.2, 0.25) is 0 Å². The third-order valence-electron chi connectivity index (χ3n) is 3.67. The number of phenolic OH excluding ortho intramolecular Hbond substituents is 1. The maximum absolute atomic E-state index is 12.1. The summed E-state index contributed by atoms with van der Waals surface area (Å²) in [6, 6.07) is 11.2. The molecule has 0 atom stereocenters. The Bertz CT molecular complexity index is 853. The lowest BCUT2D eigenvalue weighted by Crippen LogP contribution is -2.27. The van der Waals surface area contributed by atoms with Gasteiger partial charge < -0.3 is 15.2 Å². The number of nitrogens with one attached hydrogen (secondary N) is 2. The summed E-state index contributed by atoms with van der Waals surface area (Å²) >= 11 is 0. The molecular formula is C20H23N3O4. The Hall–Kier alpha value is -3.35. The molecule has 0 aliphatic rings. The third-order valence-corrected chi connectivity index (χ3v) is 3.67. The minimum absolute atomic E-state index is 0.0253. The van der Waals surface area contributed by atoms with Crippen molar-refractivity contribution in [1.29, 1.82) is 0 Å². The Morgan fingerprint density at radius 2 is 1.78 bits per heavy atom. The number of ether oxygens (including phenoxy) is 1. The maximum Gasteiger partial charge on any atom is 0.271 e. The highest BCUT2D eigenvalue weighted by Gasteiger charge is 2.21. The molecule has 2 amide bonds. The minimum atomic E-state index is -0.498. The summed E-state index contributed by atoms with van der Waals surface area (Å²) in [5.41, 5.74) is 3.61.